The summed E-state index contributed by atoms with van der Waals surface area (Å²) in [5, 5.41) is 5.56. The molecule has 0 spiro atoms. The van der Waals surface area contributed by atoms with Crippen LogP contribution in [0.15, 0.2) is 23.8 Å². The van der Waals surface area contributed by atoms with E-state index in [1.54, 1.807) is 12.2 Å². The molecule has 0 aromatic carbocycles. The number of hydrogen-bond donors (Lipinski definition) is 1. The molecule has 1 aliphatic heterocycles. The highest BCUT2D eigenvalue weighted by atomic mass is 16.7. The van der Waals surface area contributed by atoms with Gasteiger partial charge in [0.15, 0.2) is 24.3 Å². The summed E-state index contributed by atoms with van der Waals surface area (Å²) in [4.78, 5) is 39.4. The Morgan fingerprint density at radius 1 is 1.22 bits per heavy atom. The third kappa shape index (κ3) is 4.27. The standard InChI is InChI=1S/C34H48O7/c1-6-19(2)30(38)39-18-27(37)34-28(40-31(41-34)23-10-8-7-9-20(23)3)16-25-24-12-11-21-15-22(35)13-14-32(21,4)29(24)26(36)17-33(25,34)5/h13-15,19-20,23-26,28-29,31,36H,6-12,16-18H2,1-5H3/t19?,20?,23?,24-,25-,26-,28+,29+,31+,32-,33-,34+/m0/s1/i36D. The van der Waals surface area contributed by atoms with Crippen LogP contribution in [0, 0.1) is 46.3 Å². The van der Waals surface area contributed by atoms with Gasteiger partial charge >= 0.3 is 5.97 Å². The minimum Gasteiger partial charge on any atom is -0.457 e. The Bertz CT molecular complexity index is 1180. The lowest BCUT2D eigenvalue weighted by molar-refractivity contribution is -0.213. The number of aliphatic hydroxyl groups excluding tert-OH is 1. The van der Waals surface area contributed by atoms with Gasteiger partial charge in [0.25, 0.3) is 0 Å². The van der Waals surface area contributed by atoms with Crippen molar-refractivity contribution in [3.63, 3.8) is 0 Å². The molecule has 0 radical (unpaired) electrons. The molecule has 0 aromatic rings. The van der Waals surface area contributed by atoms with Gasteiger partial charge in [0.1, 0.15) is 0 Å². The van der Waals surface area contributed by atoms with Gasteiger partial charge in [-0.05, 0) is 68.4 Å². The van der Waals surface area contributed by atoms with E-state index in [0.29, 0.717) is 25.2 Å². The van der Waals surface area contributed by atoms with Crippen molar-refractivity contribution in [1.82, 2.24) is 0 Å². The molecule has 7 nitrogen and oxygen atoms in total. The normalized spacial score (nSPS) is 47.8. The number of ether oxygens (including phenoxy) is 3. The van der Waals surface area contributed by atoms with Gasteiger partial charge in [0, 0.05) is 22.7 Å². The largest absolute Gasteiger partial charge is 0.457 e. The number of rotatable bonds is 7. The van der Waals surface area contributed by atoms with Crippen LogP contribution in [0.3, 0.4) is 0 Å². The highest BCUT2D eigenvalue weighted by Crippen LogP contribution is 2.70. The monoisotopic (exact) mass is 569 g/mol. The molecule has 6 rings (SSSR count). The quantitative estimate of drug-likeness (QED) is 0.413. The lowest BCUT2D eigenvalue weighted by Gasteiger charge is -2.59. The lowest BCUT2D eigenvalue weighted by atomic mass is 9.46. The van der Waals surface area contributed by atoms with Crippen LogP contribution in [0.4, 0.5) is 0 Å². The first-order chi connectivity index (χ1) is 20.0. The topological polar surface area (TPSA) is 99.1 Å². The first kappa shape index (κ1) is 28.0. The maximum Gasteiger partial charge on any atom is 0.309 e. The molecule has 5 fully saturated rings. The molecular weight excluding hydrogens is 520 g/mol. The SMILES string of the molecule is [2H]O[C@H]1C[C@@]2(C)[C@@H](C[C@H]3O[C@@H](C4CCCCC4C)O[C@]32C(=O)COC(=O)C(C)CC)[C@@H]2CCC3=CC(=O)C=C[C@]3(C)[C@H]21. The molecule has 1 heterocycles. The number of fused-ring (bicyclic) bond motifs is 7. The third-order valence-electron chi connectivity index (χ3n) is 12.5. The molecule has 6 aliphatic rings. The second kappa shape index (κ2) is 10.4. The van der Waals surface area contributed by atoms with Gasteiger partial charge in [0.2, 0.25) is 7.21 Å². The van der Waals surface area contributed by atoms with E-state index < -0.39 is 29.5 Å². The Morgan fingerprint density at radius 3 is 2.73 bits per heavy atom. The molecule has 0 amide bonds. The van der Waals surface area contributed by atoms with E-state index in [2.05, 4.69) is 20.8 Å². The van der Waals surface area contributed by atoms with Crippen molar-refractivity contribution in [3.05, 3.63) is 23.8 Å². The van der Waals surface area contributed by atoms with E-state index in [-0.39, 0.29) is 59.1 Å². The molecule has 1 N–H and O–H groups in total. The molecule has 5 aliphatic carbocycles. The Kier molecular flexibility index (Phi) is 7.10. The minimum atomic E-state index is -1.27. The molecule has 3 unspecified atom stereocenters. The maximum atomic E-state index is 14.5. The number of Topliss-reactive ketones (excluding diaryl/α,β-unsaturated/α-hetero) is 1. The predicted molar refractivity (Wildman–Crippen MR) is 152 cm³/mol. The van der Waals surface area contributed by atoms with E-state index in [1.807, 2.05) is 19.9 Å². The summed E-state index contributed by atoms with van der Waals surface area (Å²) < 4.78 is 27.7. The molecule has 0 aromatic heterocycles. The van der Waals surface area contributed by atoms with Gasteiger partial charge < -0.3 is 19.3 Å². The lowest BCUT2D eigenvalue weighted by Crippen LogP contribution is -2.64. The van der Waals surface area contributed by atoms with Gasteiger partial charge in [-0.25, -0.2) is 0 Å². The Labute approximate surface area is 245 Å². The Morgan fingerprint density at radius 2 is 2.00 bits per heavy atom. The second-order valence-electron chi connectivity index (χ2n) is 14.5. The van der Waals surface area contributed by atoms with Crippen molar-refractivity contribution < 1.29 is 33.7 Å². The van der Waals surface area contributed by atoms with Gasteiger partial charge in [0.05, 0.1) is 18.1 Å². The smallest absolute Gasteiger partial charge is 0.309 e. The third-order valence-corrected chi connectivity index (χ3v) is 12.5. The van der Waals surface area contributed by atoms with E-state index >= 15 is 0 Å². The highest BCUT2D eigenvalue weighted by Gasteiger charge is 2.76. The van der Waals surface area contributed by atoms with Crippen LogP contribution in [-0.2, 0) is 28.6 Å². The average Bonchev–Trinajstić information content (AvgIpc) is 3.48. The number of aliphatic hydroxyl groups is 1. The van der Waals surface area contributed by atoms with E-state index in [9.17, 15) is 14.4 Å². The summed E-state index contributed by atoms with van der Waals surface area (Å²) in [5.74, 6) is 0.0419. The van der Waals surface area contributed by atoms with Gasteiger partial charge in [-0.1, -0.05) is 65.5 Å². The summed E-state index contributed by atoms with van der Waals surface area (Å²) in [6.07, 6.45) is 12.0. The van der Waals surface area contributed by atoms with Crippen molar-refractivity contribution in [2.75, 3.05) is 6.61 Å². The summed E-state index contributed by atoms with van der Waals surface area (Å²) in [5.41, 5.74) is -1.21. The van der Waals surface area contributed by atoms with Gasteiger partial charge in [-0.3, -0.25) is 14.4 Å². The number of ketones is 2. The number of allylic oxidation sites excluding steroid dienone is 4. The minimum absolute atomic E-state index is 0.000740. The van der Waals surface area contributed by atoms with Crippen LogP contribution in [0.1, 0.15) is 92.4 Å². The first-order valence-electron chi connectivity index (χ1n) is 16.5. The zero-order valence-electron chi connectivity index (χ0n) is 26.4. The fourth-order valence-electron chi connectivity index (χ4n) is 10.0. The van der Waals surface area contributed by atoms with Crippen molar-refractivity contribution in [2.45, 2.75) is 117 Å². The molecule has 1 saturated heterocycles. The number of hydrogen-bond acceptors (Lipinski definition) is 7. The number of esters is 1. The molecule has 7 heteroatoms. The Hall–Kier alpha value is -1.83. The molecule has 41 heavy (non-hydrogen) atoms. The zero-order valence-corrected chi connectivity index (χ0v) is 25.4. The number of carbonyl (C=O) groups excluding carboxylic acids is 3. The second-order valence-corrected chi connectivity index (χ2v) is 14.5. The highest BCUT2D eigenvalue weighted by molar-refractivity contribution is 6.01. The zero-order chi connectivity index (χ0) is 30.0. The van der Waals surface area contributed by atoms with Crippen molar-refractivity contribution in [2.24, 2.45) is 46.3 Å². The van der Waals surface area contributed by atoms with E-state index in [4.69, 9.17) is 20.8 Å². The maximum absolute atomic E-state index is 14.5. The van der Waals surface area contributed by atoms with Crippen LogP contribution in [0.25, 0.3) is 0 Å². The van der Waals surface area contributed by atoms with Crippen molar-refractivity contribution in [3.8, 4) is 0 Å². The van der Waals surface area contributed by atoms with Crippen molar-refractivity contribution in [1.29, 1.82) is 1.43 Å². The fourth-order valence-corrected chi connectivity index (χ4v) is 10.0. The average molecular weight is 570 g/mol. The molecule has 0 bridgehead atoms. The summed E-state index contributed by atoms with van der Waals surface area (Å²) >= 11 is 0. The molecule has 226 valence electrons. The summed E-state index contributed by atoms with van der Waals surface area (Å²) in [6, 6.07) is 0. The van der Waals surface area contributed by atoms with Crippen LogP contribution >= 0.6 is 0 Å². The molecule has 4 saturated carbocycles. The Balaban J connectivity index is 1.37. The molecular formula is C34H48O7. The predicted octanol–water partition coefficient (Wildman–Crippen LogP) is 5.34. The first-order valence-corrected chi connectivity index (χ1v) is 16.1. The van der Waals surface area contributed by atoms with Crippen LogP contribution < -0.4 is 0 Å². The van der Waals surface area contributed by atoms with E-state index in [1.165, 1.54) is 6.42 Å². The van der Waals surface area contributed by atoms with Crippen LogP contribution in [0.5, 0.6) is 0 Å². The van der Waals surface area contributed by atoms with Gasteiger partial charge in [-0.2, -0.15) is 0 Å². The van der Waals surface area contributed by atoms with Crippen molar-refractivity contribution >= 4 is 17.5 Å². The molecule has 12 atom stereocenters. The fraction of sp³-hybridized carbons (Fsp3) is 0.794. The van der Waals surface area contributed by atoms with Crippen LogP contribution in [-0.4, -0.2) is 54.8 Å². The van der Waals surface area contributed by atoms with Crippen LogP contribution in [0.2, 0.25) is 0 Å². The number of carbonyl (C=O) groups is 3. The summed E-state index contributed by atoms with van der Waals surface area (Å²) in [7, 11) is 0. The van der Waals surface area contributed by atoms with E-state index in [0.717, 1.165) is 37.7 Å². The summed E-state index contributed by atoms with van der Waals surface area (Å²) in [6.45, 7) is 9.96. The van der Waals surface area contributed by atoms with Gasteiger partial charge in [-0.15, -0.1) is 0 Å².